The van der Waals surface area contributed by atoms with Crippen molar-refractivity contribution >= 4 is 41.6 Å². The van der Waals surface area contributed by atoms with E-state index in [4.69, 9.17) is 78.9 Å². The van der Waals surface area contributed by atoms with E-state index in [1.54, 1.807) is 96.9 Å². The highest BCUT2D eigenvalue weighted by Crippen LogP contribution is 2.14. The van der Waals surface area contributed by atoms with E-state index in [1.165, 1.54) is 55.4 Å². The van der Waals surface area contributed by atoms with Crippen LogP contribution in [0.3, 0.4) is 0 Å². The number of methoxy groups -OCH3 is 4. The van der Waals surface area contributed by atoms with Gasteiger partial charge < -0.3 is 99.6 Å². The molecule has 0 aliphatic heterocycles. The lowest BCUT2D eigenvalue weighted by atomic mass is 10.2. The summed E-state index contributed by atoms with van der Waals surface area (Å²) in [6.07, 6.45) is 9.27. The summed E-state index contributed by atoms with van der Waals surface area (Å²) in [4.78, 5) is 102. The summed E-state index contributed by atoms with van der Waals surface area (Å²) in [7, 11) is 6.38. The number of rotatable bonds is 35. The second kappa shape index (κ2) is 53.8. The molecule has 6 aromatic rings. The molecule has 0 radical (unpaired) electrons. The SMILES string of the molecule is CCOC(=O)c1ccc(O)cn1.CCOC(=O)c1ccc(OCCOC)cn1.COCCOc1ccc(C(=O)NCCCC(=O)OC(C)(C)C)nc1.COCCOc1ccc(C(=O)NCCN)nc1.COCCOc1ccc(C(=O)O)nc1.NCCNC(=O)c1ccc(OCCO)cn1. The van der Waals surface area contributed by atoms with E-state index < -0.39 is 23.5 Å². The summed E-state index contributed by atoms with van der Waals surface area (Å²) in [6, 6.07) is 18.7. The van der Waals surface area contributed by atoms with Gasteiger partial charge in [-0.05, 0) is 114 Å². The summed E-state index contributed by atoms with van der Waals surface area (Å²) >= 11 is 0. The Kier molecular flexibility index (Phi) is 47.1. The van der Waals surface area contributed by atoms with Gasteiger partial charge in [-0.25, -0.2) is 44.3 Å². The molecule has 33 nitrogen and oxygen atoms in total. The van der Waals surface area contributed by atoms with Crippen LogP contribution in [0.2, 0.25) is 0 Å². The van der Waals surface area contributed by atoms with E-state index in [9.17, 15) is 33.6 Å². The highest BCUT2D eigenvalue weighted by molar-refractivity contribution is 5.93. The lowest BCUT2D eigenvalue weighted by Crippen LogP contribution is -2.29. The van der Waals surface area contributed by atoms with Crippen LogP contribution in [-0.2, 0) is 38.0 Å². The molecular formula is C66H93N11O22. The van der Waals surface area contributed by atoms with Crippen molar-refractivity contribution in [2.75, 3.05) is 140 Å². The standard InChI is InChI=1S/C17H26N2O5.C11H17N3O3.C11H15NO4.C10H15N3O3.C9H11NO4.C8H9NO3/c1-17(2,3)24-15(20)6-5-9-18-16(21)14-8-7-13(12-19-14)23-11-10-22-4;1-16-6-7-17-9-2-3-10(14-8-9)11(15)13-5-4-12;1-3-15-11(13)10-5-4-9(8-12-10)16-7-6-14-2;11-3-4-12-10(15)9-2-1-8(7-13-9)16-6-5-14;1-13-4-5-14-7-2-3-8(9(11)12)10-6-7;1-2-12-8(11)7-4-3-6(10)5-9-7/h7-8,12H,5-6,9-11H2,1-4H3,(H,18,21);2-3,8H,4-7,12H2,1H3,(H,13,15);4-5,8H,3,6-7H2,1-2H3;1-2,7,14H,3-6,11H2,(H,12,15);2-3,6H,4-5H2,1H3,(H,11,12);3-5,10H,2H2,1H3. The number of carboxylic acid groups (broad SMARTS) is 1. The van der Waals surface area contributed by atoms with Crippen LogP contribution in [0.15, 0.2) is 110 Å². The summed E-state index contributed by atoms with van der Waals surface area (Å²) in [5.41, 5.74) is 11.5. The number of aliphatic hydroxyl groups is 1. The number of carboxylic acids is 1. The third-order valence-electron chi connectivity index (χ3n) is 11.0. The number of esters is 3. The van der Waals surface area contributed by atoms with Crippen molar-refractivity contribution in [2.45, 2.75) is 53.1 Å². The number of carbonyl (C=O) groups excluding carboxylic acids is 6. The number of hydrogen-bond donors (Lipinski definition) is 8. The minimum Gasteiger partial charge on any atom is -0.506 e. The number of aliphatic hydroxyl groups excluding tert-OH is 1. The largest absolute Gasteiger partial charge is 0.506 e. The number of amides is 3. The molecule has 10 N–H and O–H groups in total. The van der Waals surface area contributed by atoms with E-state index in [1.807, 2.05) is 20.8 Å². The zero-order valence-corrected chi connectivity index (χ0v) is 57.3. The van der Waals surface area contributed by atoms with Crippen molar-refractivity contribution in [2.24, 2.45) is 11.5 Å². The molecule has 0 saturated carbocycles. The fourth-order valence-corrected chi connectivity index (χ4v) is 6.50. The molecule has 6 aromatic heterocycles. The van der Waals surface area contributed by atoms with Crippen LogP contribution in [0.1, 0.15) is 110 Å². The van der Waals surface area contributed by atoms with Gasteiger partial charge >= 0.3 is 23.9 Å². The van der Waals surface area contributed by atoms with Crippen molar-refractivity contribution in [1.29, 1.82) is 0 Å². The van der Waals surface area contributed by atoms with Gasteiger partial charge in [0.15, 0.2) is 0 Å². The highest BCUT2D eigenvalue weighted by atomic mass is 16.6. The monoisotopic (exact) mass is 1390 g/mol. The molecule has 0 unspecified atom stereocenters. The minimum absolute atomic E-state index is 0.00379. The minimum atomic E-state index is -1.05. The van der Waals surface area contributed by atoms with Gasteiger partial charge in [-0.3, -0.25) is 19.2 Å². The maximum atomic E-state index is 11.9. The van der Waals surface area contributed by atoms with Gasteiger partial charge in [-0.2, -0.15) is 0 Å². The average Bonchev–Trinajstić information content (AvgIpc) is 1.29. The van der Waals surface area contributed by atoms with Crippen molar-refractivity contribution in [3.05, 3.63) is 144 Å². The fraction of sp³-hybridized carbons (Fsp3) is 0.439. The molecule has 6 rings (SSSR count). The average molecular weight is 1390 g/mol. The van der Waals surface area contributed by atoms with Crippen LogP contribution < -0.4 is 51.1 Å². The maximum absolute atomic E-state index is 11.9. The molecular weight excluding hydrogens is 1300 g/mol. The number of carbonyl (C=O) groups is 7. The Balaban J connectivity index is 0.000000602. The van der Waals surface area contributed by atoms with Gasteiger partial charge in [0.2, 0.25) is 0 Å². The van der Waals surface area contributed by atoms with Crippen LogP contribution in [-0.4, -0.2) is 233 Å². The number of hydrogen-bond acceptors (Lipinski definition) is 29. The molecule has 0 aliphatic rings. The number of aromatic carboxylic acids is 1. The van der Waals surface area contributed by atoms with Crippen LogP contribution in [0.4, 0.5) is 0 Å². The number of pyridine rings is 6. The molecule has 6 heterocycles. The second-order valence-corrected chi connectivity index (χ2v) is 20.0. The first-order chi connectivity index (χ1) is 47.6. The molecule has 3 amide bonds. The van der Waals surface area contributed by atoms with Crippen molar-refractivity contribution in [3.63, 3.8) is 0 Å². The van der Waals surface area contributed by atoms with Crippen LogP contribution in [0.25, 0.3) is 0 Å². The van der Waals surface area contributed by atoms with Gasteiger partial charge in [-0.1, -0.05) is 0 Å². The third-order valence-corrected chi connectivity index (χ3v) is 11.0. The van der Waals surface area contributed by atoms with Gasteiger partial charge in [0, 0.05) is 67.6 Å². The van der Waals surface area contributed by atoms with Crippen LogP contribution >= 0.6 is 0 Å². The van der Waals surface area contributed by atoms with Crippen LogP contribution in [0.5, 0.6) is 34.5 Å². The normalized spacial score (nSPS) is 10.1. The Bertz CT molecular complexity index is 3170. The Morgan fingerprint density at radius 1 is 0.434 bits per heavy atom. The van der Waals surface area contributed by atoms with Gasteiger partial charge in [0.05, 0.1) is 83.4 Å². The van der Waals surface area contributed by atoms with Gasteiger partial charge in [-0.15, -0.1) is 0 Å². The molecule has 33 heteroatoms. The number of aromatic nitrogens is 6. The number of aromatic hydroxyl groups is 1. The van der Waals surface area contributed by atoms with Crippen molar-refractivity contribution < 1.29 is 106 Å². The molecule has 0 bridgehead atoms. The summed E-state index contributed by atoms with van der Waals surface area (Å²) in [6.45, 7) is 15.5. The van der Waals surface area contributed by atoms with Gasteiger partial charge in [0.1, 0.15) is 107 Å². The Morgan fingerprint density at radius 3 is 1.02 bits per heavy atom. The Labute approximate surface area is 574 Å². The molecule has 0 atom stereocenters. The second-order valence-electron chi connectivity index (χ2n) is 20.0. The number of nitrogens with two attached hydrogens (primary N) is 2. The first kappa shape index (κ1) is 86.7. The van der Waals surface area contributed by atoms with E-state index in [2.05, 4.69) is 50.6 Å². The quantitative estimate of drug-likeness (QED) is 0.0159. The molecule has 0 fully saturated rings. The predicted octanol–water partition coefficient (Wildman–Crippen LogP) is 3.95. The van der Waals surface area contributed by atoms with E-state index in [-0.39, 0.29) is 66.2 Å². The number of nitrogens with zero attached hydrogens (tertiary/aromatic N) is 6. The van der Waals surface area contributed by atoms with E-state index in [0.29, 0.717) is 151 Å². The van der Waals surface area contributed by atoms with Gasteiger partial charge in [0.25, 0.3) is 17.7 Å². The molecule has 0 aliphatic carbocycles. The zero-order chi connectivity index (χ0) is 73.5. The van der Waals surface area contributed by atoms with E-state index in [0.717, 1.165) is 0 Å². The lowest BCUT2D eigenvalue weighted by Gasteiger charge is -2.19. The molecule has 0 spiro atoms. The summed E-state index contributed by atoms with van der Waals surface area (Å²) in [5.74, 6) is -0.138. The maximum Gasteiger partial charge on any atom is 0.356 e. The first-order valence-corrected chi connectivity index (χ1v) is 30.8. The number of nitrogens with one attached hydrogen (secondary N) is 3. The Morgan fingerprint density at radius 2 is 0.747 bits per heavy atom. The lowest BCUT2D eigenvalue weighted by molar-refractivity contribution is -0.154. The van der Waals surface area contributed by atoms with E-state index >= 15 is 0 Å². The summed E-state index contributed by atoms with van der Waals surface area (Å²) in [5, 5.41) is 33.9. The zero-order valence-electron chi connectivity index (χ0n) is 57.3. The predicted molar refractivity (Wildman–Crippen MR) is 358 cm³/mol. The van der Waals surface area contributed by atoms with Crippen molar-refractivity contribution in [3.8, 4) is 34.5 Å². The highest BCUT2D eigenvalue weighted by Gasteiger charge is 2.17. The first-order valence-electron chi connectivity index (χ1n) is 30.8. The topological polar surface area (TPSA) is 456 Å². The molecule has 0 aromatic carbocycles. The molecule has 99 heavy (non-hydrogen) atoms. The van der Waals surface area contributed by atoms with Crippen molar-refractivity contribution in [1.82, 2.24) is 45.9 Å². The molecule has 0 saturated heterocycles. The molecule has 544 valence electrons. The summed E-state index contributed by atoms with van der Waals surface area (Å²) < 4.78 is 60.3. The van der Waals surface area contributed by atoms with Crippen LogP contribution in [0, 0.1) is 0 Å². The number of ether oxygens (including phenoxy) is 12. The fourth-order valence-electron chi connectivity index (χ4n) is 6.50. The Hall–Kier alpha value is -10.3. The smallest absolute Gasteiger partial charge is 0.356 e. The third kappa shape index (κ3) is 42.1.